The van der Waals surface area contributed by atoms with Gasteiger partial charge in [0.05, 0.1) is 25.7 Å². The SMILES string of the molecule is COc1ccc2c(c1)c(CC(=O)O)c(C)n2C(=O)c1ccc(OCCc2ccccc2)cc1. The highest BCUT2D eigenvalue weighted by Gasteiger charge is 2.21. The fourth-order valence-electron chi connectivity index (χ4n) is 3.98. The molecule has 4 aromatic rings. The Hall–Kier alpha value is -4.06. The Bertz CT molecular complexity index is 1290. The monoisotopic (exact) mass is 443 g/mol. The molecule has 0 saturated carbocycles. The molecule has 0 saturated heterocycles. The van der Waals surface area contributed by atoms with Gasteiger partial charge in [-0.15, -0.1) is 0 Å². The van der Waals surface area contributed by atoms with Crippen molar-refractivity contribution < 1.29 is 24.2 Å². The van der Waals surface area contributed by atoms with E-state index >= 15 is 0 Å². The fourth-order valence-corrected chi connectivity index (χ4v) is 3.98. The Morgan fingerprint density at radius 3 is 2.30 bits per heavy atom. The Morgan fingerprint density at radius 2 is 1.64 bits per heavy atom. The minimum atomic E-state index is -0.954. The van der Waals surface area contributed by atoms with E-state index in [2.05, 4.69) is 12.1 Å². The summed E-state index contributed by atoms with van der Waals surface area (Å²) in [6.07, 6.45) is 0.621. The van der Waals surface area contributed by atoms with Gasteiger partial charge in [-0.3, -0.25) is 14.2 Å². The maximum atomic E-state index is 13.4. The number of fused-ring (bicyclic) bond motifs is 1. The van der Waals surface area contributed by atoms with Gasteiger partial charge in [0.2, 0.25) is 0 Å². The maximum absolute atomic E-state index is 13.4. The Kier molecular flexibility index (Phi) is 6.45. The summed E-state index contributed by atoms with van der Waals surface area (Å²) in [5.41, 5.74) is 3.55. The maximum Gasteiger partial charge on any atom is 0.307 e. The molecule has 1 aromatic heterocycles. The number of methoxy groups -OCH3 is 1. The summed E-state index contributed by atoms with van der Waals surface area (Å²) < 4.78 is 12.7. The molecule has 3 aromatic carbocycles. The zero-order valence-electron chi connectivity index (χ0n) is 18.6. The molecule has 33 heavy (non-hydrogen) atoms. The van der Waals surface area contributed by atoms with E-state index in [0.717, 1.165) is 6.42 Å². The van der Waals surface area contributed by atoms with Gasteiger partial charge in [0.25, 0.3) is 5.91 Å². The van der Waals surface area contributed by atoms with E-state index in [1.54, 1.807) is 61.1 Å². The lowest BCUT2D eigenvalue weighted by Gasteiger charge is -2.10. The molecule has 0 amide bonds. The minimum absolute atomic E-state index is 0.177. The molecule has 0 atom stereocenters. The summed E-state index contributed by atoms with van der Waals surface area (Å²) in [6, 6.07) is 22.4. The third-order valence-electron chi connectivity index (χ3n) is 5.68. The molecule has 0 aliphatic carbocycles. The van der Waals surface area contributed by atoms with Crippen molar-refractivity contribution in [2.75, 3.05) is 13.7 Å². The number of nitrogens with zero attached hydrogens (tertiary/aromatic N) is 1. The fraction of sp³-hybridized carbons (Fsp3) is 0.185. The molecule has 0 aliphatic rings. The Balaban J connectivity index is 1.57. The number of hydrogen-bond donors (Lipinski definition) is 1. The average molecular weight is 443 g/mol. The van der Waals surface area contributed by atoms with Crippen LogP contribution in [-0.2, 0) is 17.6 Å². The van der Waals surface area contributed by atoms with Crippen molar-refractivity contribution in [3.8, 4) is 11.5 Å². The highest BCUT2D eigenvalue weighted by atomic mass is 16.5. The molecular formula is C27H25NO5. The molecule has 0 fully saturated rings. The molecular weight excluding hydrogens is 418 g/mol. The highest BCUT2D eigenvalue weighted by Crippen LogP contribution is 2.31. The molecule has 0 unspecified atom stereocenters. The largest absolute Gasteiger partial charge is 0.497 e. The van der Waals surface area contributed by atoms with Gasteiger partial charge in [-0.2, -0.15) is 0 Å². The molecule has 1 heterocycles. The smallest absolute Gasteiger partial charge is 0.307 e. The zero-order valence-corrected chi connectivity index (χ0v) is 18.6. The van der Waals surface area contributed by atoms with Crippen molar-refractivity contribution in [3.63, 3.8) is 0 Å². The molecule has 6 heteroatoms. The highest BCUT2D eigenvalue weighted by molar-refractivity contribution is 6.05. The number of carbonyl (C=O) groups is 2. The van der Waals surface area contributed by atoms with Crippen LogP contribution in [0.4, 0.5) is 0 Å². The molecule has 168 valence electrons. The second-order valence-electron chi connectivity index (χ2n) is 7.77. The van der Waals surface area contributed by atoms with Gasteiger partial charge >= 0.3 is 5.97 Å². The van der Waals surface area contributed by atoms with Crippen molar-refractivity contribution in [2.24, 2.45) is 0 Å². The van der Waals surface area contributed by atoms with Gasteiger partial charge in [0.15, 0.2) is 0 Å². The third-order valence-corrected chi connectivity index (χ3v) is 5.68. The predicted molar refractivity (Wildman–Crippen MR) is 126 cm³/mol. The van der Waals surface area contributed by atoms with Crippen LogP contribution in [0.25, 0.3) is 10.9 Å². The number of aromatic nitrogens is 1. The second-order valence-corrected chi connectivity index (χ2v) is 7.77. The molecule has 0 spiro atoms. The first kappa shape index (κ1) is 22.1. The van der Waals surface area contributed by atoms with E-state index in [1.807, 2.05) is 18.2 Å². The van der Waals surface area contributed by atoms with Crippen LogP contribution in [0.15, 0.2) is 72.8 Å². The molecule has 0 radical (unpaired) electrons. The van der Waals surface area contributed by atoms with Crippen molar-refractivity contribution in [3.05, 3.63) is 95.2 Å². The van der Waals surface area contributed by atoms with Crippen LogP contribution in [0.3, 0.4) is 0 Å². The van der Waals surface area contributed by atoms with E-state index in [-0.39, 0.29) is 12.3 Å². The van der Waals surface area contributed by atoms with Crippen LogP contribution in [0.2, 0.25) is 0 Å². The number of rotatable bonds is 8. The number of hydrogen-bond acceptors (Lipinski definition) is 4. The van der Waals surface area contributed by atoms with Crippen molar-refractivity contribution in [2.45, 2.75) is 19.8 Å². The van der Waals surface area contributed by atoms with Gasteiger partial charge < -0.3 is 14.6 Å². The minimum Gasteiger partial charge on any atom is -0.497 e. The lowest BCUT2D eigenvalue weighted by molar-refractivity contribution is -0.136. The third kappa shape index (κ3) is 4.75. The Morgan fingerprint density at radius 1 is 0.939 bits per heavy atom. The average Bonchev–Trinajstić information content (AvgIpc) is 3.09. The number of ether oxygens (including phenoxy) is 2. The second kappa shape index (κ2) is 9.61. The zero-order chi connectivity index (χ0) is 23.4. The number of carboxylic acid groups (broad SMARTS) is 1. The van der Waals surface area contributed by atoms with Crippen LogP contribution in [-0.4, -0.2) is 35.3 Å². The van der Waals surface area contributed by atoms with Crippen LogP contribution >= 0.6 is 0 Å². The van der Waals surface area contributed by atoms with Crippen LogP contribution in [0, 0.1) is 6.92 Å². The Labute approximate surface area is 192 Å². The normalized spacial score (nSPS) is 10.8. The number of carboxylic acids is 1. The van der Waals surface area contributed by atoms with Gasteiger partial charge in [-0.05, 0) is 60.5 Å². The number of benzene rings is 3. The summed E-state index contributed by atoms with van der Waals surface area (Å²) >= 11 is 0. The van der Waals surface area contributed by atoms with Gasteiger partial charge in [-0.1, -0.05) is 30.3 Å². The molecule has 0 bridgehead atoms. The summed E-state index contributed by atoms with van der Waals surface area (Å²) in [5, 5.41) is 10.1. The van der Waals surface area contributed by atoms with Gasteiger partial charge in [-0.25, -0.2) is 0 Å². The first-order valence-corrected chi connectivity index (χ1v) is 10.7. The van der Waals surface area contributed by atoms with Crippen molar-refractivity contribution in [1.82, 2.24) is 4.57 Å². The summed E-state index contributed by atoms with van der Waals surface area (Å²) in [6.45, 7) is 2.31. The lowest BCUT2D eigenvalue weighted by atomic mass is 10.1. The summed E-state index contributed by atoms with van der Waals surface area (Å²) in [7, 11) is 1.55. The first-order chi connectivity index (χ1) is 16.0. The van der Waals surface area contributed by atoms with Gasteiger partial charge in [0, 0.05) is 23.1 Å². The van der Waals surface area contributed by atoms with Crippen LogP contribution in [0.5, 0.6) is 11.5 Å². The lowest BCUT2D eigenvalue weighted by Crippen LogP contribution is -2.14. The van der Waals surface area contributed by atoms with E-state index in [0.29, 0.717) is 45.8 Å². The number of aliphatic carboxylic acids is 1. The predicted octanol–water partition coefficient (Wildman–Crippen LogP) is 4.90. The quantitative estimate of drug-likeness (QED) is 0.419. The molecule has 0 aliphatic heterocycles. The van der Waals surface area contributed by atoms with E-state index in [1.165, 1.54) is 5.56 Å². The van der Waals surface area contributed by atoms with Crippen LogP contribution in [0.1, 0.15) is 27.2 Å². The topological polar surface area (TPSA) is 77.8 Å². The summed E-state index contributed by atoms with van der Waals surface area (Å²) in [4.78, 5) is 24.8. The molecule has 6 nitrogen and oxygen atoms in total. The van der Waals surface area contributed by atoms with E-state index in [9.17, 15) is 14.7 Å². The number of carbonyl (C=O) groups excluding carboxylic acids is 1. The van der Waals surface area contributed by atoms with Crippen molar-refractivity contribution >= 4 is 22.8 Å². The van der Waals surface area contributed by atoms with Gasteiger partial charge in [0.1, 0.15) is 11.5 Å². The van der Waals surface area contributed by atoms with Crippen LogP contribution < -0.4 is 9.47 Å². The molecule has 1 N–H and O–H groups in total. The first-order valence-electron chi connectivity index (χ1n) is 10.7. The van der Waals surface area contributed by atoms with Crippen molar-refractivity contribution in [1.29, 1.82) is 0 Å². The van der Waals surface area contributed by atoms with E-state index < -0.39 is 5.97 Å². The standard InChI is InChI=1S/C27H25NO5/c1-18-23(17-26(29)30)24-16-22(32-2)12-13-25(24)28(18)27(31)20-8-10-21(11-9-20)33-15-14-19-6-4-3-5-7-19/h3-13,16H,14-15,17H2,1-2H3,(H,29,30). The van der Waals surface area contributed by atoms with E-state index in [4.69, 9.17) is 9.47 Å². The summed E-state index contributed by atoms with van der Waals surface area (Å²) in [5.74, 6) is 0.114. The molecule has 4 rings (SSSR count).